The van der Waals surface area contributed by atoms with Crippen molar-refractivity contribution in [1.82, 2.24) is 15.1 Å². The zero-order valence-electron chi connectivity index (χ0n) is 20.8. The maximum absolute atomic E-state index is 14.0. The van der Waals surface area contributed by atoms with Gasteiger partial charge in [0.15, 0.2) is 5.82 Å². The number of alkyl halides is 3. The van der Waals surface area contributed by atoms with Crippen molar-refractivity contribution in [3.63, 3.8) is 0 Å². The molecule has 36 heavy (non-hydrogen) atoms. The molecule has 3 heterocycles. The average Bonchev–Trinajstić information content (AvgIpc) is 3.40. The Kier molecular flexibility index (Phi) is 6.87. The SMILES string of the molecule is [B]C([B])(C1CCOCC1)N1C[C@H]2CC(Nc3nnc(-c4cc(C)ccc4C)cc3C(F)(F)F)C[C@H]2C1. The highest BCUT2D eigenvalue weighted by molar-refractivity contribution is 6.40. The van der Waals surface area contributed by atoms with Gasteiger partial charge in [0.1, 0.15) is 5.56 Å². The lowest BCUT2D eigenvalue weighted by atomic mass is 9.52. The van der Waals surface area contributed by atoms with Crippen LogP contribution in [0.15, 0.2) is 24.3 Å². The summed E-state index contributed by atoms with van der Waals surface area (Å²) in [6, 6.07) is 6.66. The molecule has 10 heteroatoms. The molecule has 2 aromatic rings. The van der Waals surface area contributed by atoms with Gasteiger partial charge in [-0.25, -0.2) is 0 Å². The third-order valence-corrected chi connectivity index (χ3v) is 8.28. The van der Waals surface area contributed by atoms with Crippen LogP contribution >= 0.6 is 0 Å². The van der Waals surface area contributed by atoms with E-state index < -0.39 is 17.1 Å². The van der Waals surface area contributed by atoms with Crippen molar-refractivity contribution in [2.75, 3.05) is 31.6 Å². The summed E-state index contributed by atoms with van der Waals surface area (Å²) in [4.78, 5) is 2.18. The van der Waals surface area contributed by atoms with Gasteiger partial charge in [-0.15, -0.1) is 10.2 Å². The number of anilines is 1. The molecule has 5 rings (SSSR count). The molecule has 5 nitrogen and oxygen atoms in total. The van der Waals surface area contributed by atoms with Gasteiger partial charge in [0.25, 0.3) is 0 Å². The first-order chi connectivity index (χ1) is 17.0. The number of nitrogens with zero attached hydrogens (tertiary/aromatic N) is 3. The minimum atomic E-state index is -4.54. The normalized spacial score (nSPS) is 25.8. The summed E-state index contributed by atoms with van der Waals surface area (Å²) in [6.07, 6.45) is -1.34. The van der Waals surface area contributed by atoms with E-state index in [1.54, 1.807) is 0 Å². The van der Waals surface area contributed by atoms with Gasteiger partial charge in [0.05, 0.1) is 21.4 Å². The molecule has 2 saturated heterocycles. The number of aryl methyl sites for hydroxylation is 2. The van der Waals surface area contributed by atoms with Gasteiger partial charge in [-0.1, -0.05) is 23.0 Å². The summed E-state index contributed by atoms with van der Waals surface area (Å²) in [5.74, 6) is 0.655. The van der Waals surface area contributed by atoms with Crippen LogP contribution in [0, 0.1) is 31.6 Å². The lowest BCUT2D eigenvalue weighted by Crippen LogP contribution is -2.56. The van der Waals surface area contributed by atoms with E-state index in [2.05, 4.69) is 20.4 Å². The Labute approximate surface area is 213 Å². The van der Waals surface area contributed by atoms with Gasteiger partial charge in [0.2, 0.25) is 0 Å². The average molecular weight is 494 g/mol. The summed E-state index contributed by atoms with van der Waals surface area (Å²) in [5.41, 5.74) is 1.91. The molecule has 1 aromatic heterocycles. The standard InChI is InChI=1S/C26H31B2F3N4O/c1-15-3-4-16(2)21(9-15)23-12-22(26(29,30)31)24(34-33-23)32-20-10-17-13-35(14-18(17)11-20)25(27,28)19-5-7-36-8-6-19/h3-4,9,12,17-20H,5-8,10-11,13-14H2,1-2H3,(H,32,34)/t17-,18+,20?. The topological polar surface area (TPSA) is 50.3 Å². The second kappa shape index (κ2) is 9.67. The van der Waals surface area contributed by atoms with Gasteiger partial charge >= 0.3 is 6.18 Å². The zero-order valence-corrected chi connectivity index (χ0v) is 20.8. The molecular weight excluding hydrogens is 463 g/mol. The number of hydrogen-bond acceptors (Lipinski definition) is 5. The predicted molar refractivity (Wildman–Crippen MR) is 135 cm³/mol. The molecule has 3 fully saturated rings. The van der Waals surface area contributed by atoms with Crippen LogP contribution in [0.3, 0.4) is 0 Å². The Morgan fingerprint density at radius 1 is 1.00 bits per heavy atom. The molecule has 1 aliphatic carbocycles. The summed E-state index contributed by atoms with van der Waals surface area (Å²) < 4.78 is 47.6. The number of ether oxygens (including phenoxy) is 1. The van der Waals surface area contributed by atoms with Crippen LogP contribution in [-0.4, -0.2) is 68.5 Å². The minimum Gasteiger partial charge on any atom is -0.381 e. The van der Waals surface area contributed by atoms with E-state index in [0.717, 1.165) is 56.0 Å². The molecule has 1 saturated carbocycles. The molecule has 1 unspecified atom stereocenters. The molecular formula is C26H31B2F3N4O. The van der Waals surface area contributed by atoms with Crippen molar-refractivity contribution < 1.29 is 17.9 Å². The lowest BCUT2D eigenvalue weighted by molar-refractivity contribution is -0.137. The van der Waals surface area contributed by atoms with Crippen molar-refractivity contribution >= 4 is 21.5 Å². The molecule has 1 aromatic carbocycles. The number of nitrogens with one attached hydrogen (secondary N) is 1. The molecule has 2 aliphatic heterocycles. The van der Waals surface area contributed by atoms with Gasteiger partial charge in [0, 0.05) is 37.9 Å². The molecule has 4 radical (unpaired) electrons. The molecule has 3 atom stereocenters. The van der Waals surface area contributed by atoms with E-state index in [-0.39, 0.29) is 23.5 Å². The van der Waals surface area contributed by atoms with Crippen LogP contribution < -0.4 is 5.32 Å². The smallest absolute Gasteiger partial charge is 0.381 e. The van der Waals surface area contributed by atoms with Crippen LogP contribution in [0.2, 0.25) is 0 Å². The first-order valence-corrected chi connectivity index (χ1v) is 12.7. The van der Waals surface area contributed by atoms with Crippen molar-refractivity contribution in [3.8, 4) is 11.3 Å². The predicted octanol–water partition coefficient (Wildman–Crippen LogP) is 4.32. The minimum absolute atomic E-state index is 0.0999. The Bertz CT molecular complexity index is 1090. The van der Waals surface area contributed by atoms with Crippen LogP contribution in [-0.2, 0) is 10.9 Å². The Balaban J connectivity index is 1.29. The van der Waals surface area contributed by atoms with Gasteiger partial charge in [-0.2, -0.15) is 13.2 Å². The fraction of sp³-hybridized carbons (Fsp3) is 0.615. The van der Waals surface area contributed by atoms with Gasteiger partial charge in [-0.05, 0) is 75.0 Å². The molecule has 188 valence electrons. The fourth-order valence-electron chi connectivity index (χ4n) is 6.20. The van der Waals surface area contributed by atoms with E-state index in [1.807, 2.05) is 32.0 Å². The van der Waals surface area contributed by atoms with E-state index in [4.69, 9.17) is 20.4 Å². The molecule has 0 spiro atoms. The number of likely N-dealkylation sites (tertiary alicyclic amines) is 1. The van der Waals surface area contributed by atoms with Crippen LogP contribution in [0.4, 0.5) is 19.0 Å². The van der Waals surface area contributed by atoms with Crippen LogP contribution in [0.25, 0.3) is 11.3 Å². The van der Waals surface area contributed by atoms with Crippen molar-refractivity contribution in [2.45, 2.75) is 57.1 Å². The van der Waals surface area contributed by atoms with E-state index in [1.165, 1.54) is 0 Å². The summed E-state index contributed by atoms with van der Waals surface area (Å²) in [5, 5.41) is 10.4. The Morgan fingerprint density at radius 3 is 2.31 bits per heavy atom. The second-order valence-electron chi connectivity index (χ2n) is 10.8. The van der Waals surface area contributed by atoms with Crippen molar-refractivity contribution in [2.24, 2.45) is 17.8 Å². The second-order valence-corrected chi connectivity index (χ2v) is 10.8. The molecule has 0 amide bonds. The zero-order chi connectivity index (χ0) is 25.7. The first-order valence-electron chi connectivity index (χ1n) is 12.7. The molecule has 0 bridgehead atoms. The van der Waals surface area contributed by atoms with Gasteiger partial charge in [-0.3, -0.25) is 0 Å². The first kappa shape index (κ1) is 25.6. The van der Waals surface area contributed by atoms with Crippen LogP contribution in [0.1, 0.15) is 42.4 Å². The lowest BCUT2D eigenvalue weighted by Gasteiger charge is -2.45. The highest BCUT2D eigenvalue weighted by Gasteiger charge is 2.47. The third-order valence-electron chi connectivity index (χ3n) is 8.28. The maximum atomic E-state index is 14.0. The van der Waals surface area contributed by atoms with E-state index in [0.29, 0.717) is 30.6 Å². The van der Waals surface area contributed by atoms with Crippen LogP contribution in [0.5, 0.6) is 0 Å². The number of halogens is 3. The molecule has 3 aliphatic rings. The largest absolute Gasteiger partial charge is 0.420 e. The summed E-state index contributed by atoms with van der Waals surface area (Å²) in [7, 11) is 13.2. The van der Waals surface area contributed by atoms with Crippen molar-refractivity contribution in [1.29, 1.82) is 0 Å². The van der Waals surface area contributed by atoms with E-state index in [9.17, 15) is 13.2 Å². The fourth-order valence-corrected chi connectivity index (χ4v) is 6.20. The van der Waals surface area contributed by atoms with Gasteiger partial charge < -0.3 is 15.0 Å². The number of hydrogen-bond donors (Lipinski definition) is 1. The Hall–Kier alpha value is -2.06. The number of aromatic nitrogens is 2. The summed E-state index contributed by atoms with van der Waals surface area (Å²) in [6.45, 7) is 6.64. The molecule has 1 N–H and O–H groups in total. The van der Waals surface area contributed by atoms with E-state index >= 15 is 0 Å². The highest BCUT2D eigenvalue weighted by Crippen LogP contribution is 2.44. The van der Waals surface area contributed by atoms with Crippen molar-refractivity contribution in [3.05, 3.63) is 41.0 Å². The number of fused-ring (bicyclic) bond motifs is 1. The number of benzene rings is 1. The monoisotopic (exact) mass is 494 g/mol. The number of rotatable bonds is 5. The highest BCUT2D eigenvalue weighted by atomic mass is 19.4. The maximum Gasteiger partial charge on any atom is 0.420 e. The quantitative estimate of drug-likeness (QED) is 0.628. The third kappa shape index (κ3) is 5.03. The summed E-state index contributed by atoms with van der Waals surface area (Å²) >= 11 is 0. The Morgan fingerprint density at radius 2 is 1.67 bits per heavy atom.